The fourth-order valence-corrected chi connectivity index (χ4v) is 2.21. The lowest BCUT2D eigenvalue weighted by molar-refractivity contribution is 0.0937. The number of hydrogen-bond acceptors (Lipinski definition) is 4. The first-order valence-electron chi connectivity index (χ1n) is 7.05. The SMILES string of the molecule is Cc1nnc(C(NC(=O)c2cccc(F)c2)c2ccccc2)o1. The van der Waals surface area contributed by atoms with E-state index in [-0.39, 0.29) is 11.5 Å². The number of amides is 1. The summed E-state index contributed by atoms with van der Waals surface area (Å²) in [5.41, 5.74) is 1.02. The molecule has 0 aliphatic rings. The second-order valence-corrected chi connectivity index (χ2v) is 4.99. The first kappa shape index (κ1) is 14.9. The van der Waals surface area contributed by atoms with Crippen LogP contribution in [0.1, 0.15) is 33.7 Å². The highest BCUT2D eigenvalue weighted by Crippen LogP contribution is 2.21. The number of aryl methyl sites for hydroxylation is 1. The molecule has 23 heavy (non-hydrogen) atoms. The first-order valence-corrected chi connectivity index (χ1v) is 7.05. The topological polar surface area (TPSA) is 68.0 Å². The maximum atomic E-state index is 13.3. The van der Waals surface area contributed by atoms with Gasteiger partial charge in [-0.1, -0.05) is 36.4 Å². The van der Waals surface area contributed by atoms with E-state index in [9.17, 15) is 9.18 Å². The third kappa shape index (κ3) is 3.42. The fraction of sp³-hybridized carbons (Fsp3) is 0.118. The van der Waals surface area contributed by atoms with E-state index in [1.54, 1.807) is 13.0 Å². The Balaban J connectivity index is 1.92. The van der Waals surface area contributed by atoms with Gasteiger partial charge in [0.1, 0.15) is 11.9 Å². The minimum atomic E-state index is -0.604. The quantitative estimate of drug-likeness (QED) is 0.804. The maximum Gasteiger partial charge on any atom is 0.252 e. The van der Waals surface area contributed by atoms with Gasteiger partial charge in [-0.25, -0.2) is 4.39 Å². The molecule has 0 aliphatic carbocycles. The molecule has 0 radical (unpaired) electrons. The molecule has 0 aliphatic heterocycles. The van der Waals surface area contributed by atoms with Crippen LogP contribution in [-0.4, -0.2) is 16.1 Å². The van der Waals surface area contributed by atoms with Crippen molar-refractivity contribution >= 4 is 5.91 Å². The molecule has 0 spiro atoms. The van der Waals surface area contributed by atoms with Crippen molar-refractivity contribution in [2.45, 2.75) is 13.0 Å². The van der Waals surface area contributed by atoms with Crippen molar-refractivity contribution in [1.29, 1.82) is 0 Å². The Hall–Kier alpha value is -3.02. The van der Waals surface area contributed by atoms with Crippen molar-refractivity contribution in [1.82, 2.24) is 15.5 Å². The molecular weight excluding hydrogens is 297 g/mol. The van der Waals surface area contributed by atoms with E-state index in [1.165, 1.54) is 18.2 Å². The summed E-state index contributed by atoms with van der Waals surface area (Å²) in [6.45, 7) is 1.67. The Morgan fingerprint density at radius 2 is 1.91 bits per heavy atom. The highest BCUT2D eigenvalue weighted by atomic mass is 19.1. The van der Waals surface area contributed by atoms with Gasteiger partial charge in [0.15, 0.2) is 0 Å². The summed E-state index contributed by atoms with van der Waals surface area (Å²) < 4.78 is 18.7. The van der Waals surface area contributed by atoms with E-state index < -0.39 is 17.8 Å². The average Bonchev–Trinajstić information content (AvgIpc) is 2.99. The molecule has 0 bridgehead atoms. The molecule has 0 saturated heterocycles. The zero-order chi connectivity index (χ0) is 16.2. The third-order valence-corrected chi connectivity index (χ3v) is 3.28. The van der Waals surface area contributed by atoms with Crippen LogP contribution in [0.15, 0.2) is 59.0 Å². The Bertz CT molecular complexity index is 817. The molecule has 0 fully saturated rings. The van der Waals surface area contributed by atoms with Crippen molar-refractivity contribution in [3.8, 4) is 0 Å². The number of carbonyl (C=O) groups is 1. The van der Waals surface area contributed by atoms with Gasteiger partial charge in [-0.15, -0.1) is 10.2 Å². The smallest absolute Gasteiger partial charge is 0.252 e. The fourth-order valence-electron chi connectivity index (χ4n) is 2.21. The summed E-state index contributed by atoms with van der Waals surface area (Å²) >= 11 is 0. The lowest BCUT2D eigenvalue weighted by atomic mass is 10.1. The van der Waals surface area contributed by atoms with Gasteiger partial charge in [0.05, 0.1) is 0 Å². The Morgan fingerprint density at radius 1 is 1.13 bits per heavy atom. The summed E-state index contributed by atoms with van der Waals surface area (Å²) in [6, 6.07) is 14.1. The number of nitrogens with one attached hydrogen (secondary N) is 1. The Kier molecular flexibility index (Phi) is 4.14. The van der Waals surface area contributed by atoms with E-state index in [0.29, 0.717) is 5.89 Å². The largest absolute Gasteiger partial charge is 0.423 e. The number of carbonyl (C=O) groups excluding carboxylic acids is 1. The van der Waals surface area contributed by atoms with Gasteiger partial charge in [0.25, 0.3) is 5.91 Å². The normalized spacial score (nSPS) is 11.9. The molecular formula is C17H14FN3O2. The highest BCUT2D eigenvalue weighted by Gasteiger charge is 2.23. The Morgan fingerprint density at radius 3 is 2.57 bits per heavy atom. The van der Waals surface area contributed by atoms with Crippen LogP contribution in [-0.2, 0) is 0 Å². The summed E-state index contributed by atoms with van der Waals surface area (Å²) in [4.78, 5) is 12.4. The van der Waals surface area contributed by atoms with Crippen molar-refractivity contribution < 1.29 is 13.6 Å². The number of benzene rings is 2. The van der Waals surface area contributed by atoms with E-state index in [4.69, 9.17) is 4.42 Å². The molecule has 1 heterocycles. The predicted molar refractivity (Wildman–Crippen MR) is 81.2 cm³/mol. The maximum absolute atomic E-state index is 13.3. The van der Waals surface area contributed by atoms with E-state index >= 15 is 0 Å². The number of hydrogen-bond donors (Lipinski definition) is 1. The summed E-state index contributed by atoms with van der Waals surface area (Å²) in [5.74, 6) is -0.212. The van der Waals surface area contributed by atoms with E-state index in [2.05, 4.69) is 15.5 Å². The van der Waals surface area contributed by atoms with Crippen molar-refractivity contribution in [3.05, 3.63) is 83.3 Å². The van der Waals surface area contributed by atoms with Crippen LogP contribution in [0.25, 0.3) is 0 Å². The molecule has 3 aromatic rings. The zero-order valence-electron chi connectivity index (χ0n) is 12.4. The van der Waals surface area contributed by atoms with Crippen LogP contribution in [0, 0.1) is 12.7 Å². The number of aromatic nitrogens is 2. The number of rotatable bonds is 4. The van der Waals surface area contributed by atoms with Gasteiger partial charge in [-0.05, 0) is 23.8 Å². The molecule has 1 atom stereocenters. The molecule has 1 unspecified atom stereocenters. The van der Waals surface area contributed by atoms with E-state index in [0.717, 1.165) is 5.56 Å². The van der Waals surface area contributed by atoms with Crippen LogP contribution in [0.2, 0.25) is 0 Å². The lowest BCUT2D eigenvalue weighted by Crippen LogP contribution is -2.29. The molecule has 1 amide bonds. The monoisotopic (exact) mass is 311 g/mol. The minimum Gasteiger partial charge on any atom is -0.423 e. The van der Waals surface area contributed by atoms with Crippen LogP contribution in [0.3, 0.4) is 0 Å². The predicted octanol–water partition coefficient (Wildman–Crippen LogP) is 3.04. The van der Waals surface area contributed by atoms with E-state index in [1.807, 2.05) is 30.3 Å². The van der Waals surface area contributed by atoms with Crippen LogP contribution >= 0.6 is 0 Å². The van der Waals surface area contributed by atoms with Gasteiger partial charge in [0, 0.05) is 12.5 Å². The van der Waals surface area contributed by atoms with Crippen molar-refractivity contribution in [2.75, 3.05) is 0 Å². The van der Waals surface area contributed by atoms with Gasteiger partial charge in [-0.2, -0.15) is 0 Å². The number of nitrogens with zero attached hydrogens (tertiary/aromatic N) is 2. The van der Waals surface area contributed by atoms with Crippen molar-refractivity contribution in [2.24, 2.45) is 0 Å². The standard InChI is InChI=1S/C17H14FN3O2/c1-11-20-21-17(23-11)15(12-6-3-2-4-7-12)19-16(22)13-8-5-9-14(18)10-13/h2-10,15H,1H3,(H,19,22). The summed E-state index contributed by atoms with van der Waals surface area (Å²) in [7, 11) is 0. The summed E-state index contributed by atoms with van der Waals surface area (Å²) in [5, 5.41) is 10.6. The van der Waals surface area contributed by atoms with Gasteiger partial charge in [-0.3, -0.25) is 4.79 Å². The number of halogens is 1. The zero-order valence-corrected chi connectivity index (χ0v) is 12.4. The highest BCUT2D eigenvalue weighted by molar-refractivity contribution is 5.94. The molecule has 0 saturated carbocycles. The second kappa shape index (κ2) is 6.39. The van der Waals surface area contributed by atoms with Gasteiger partial charge >= 0.3 is 0 Å². The van der Waals surface area contributed by atoms with Crippen LogP contribution in [0.5, 0.6) is 0 Å². The summed E-state index contributed by atoms with van der Waals surface area (Å²) in [6.07, 6.45) is 0. The van der Waals surface area contributed by atoms with Gasteiger partial charge < -0.3 is 9.73 Å². The van der Waals surface area contributed by atoms with Crippen LogP contribution < -0.4 is 5.32 Å². The van der Waals surface area contributed by atoms with Crippen molar-refractivity contribution in [3.63, 3.8) is 0 Å². The Labute approximate surface area is 132 Å². The molecule has 6 heteroatoms. The molecule has 2 aromatic carbocycles. The molecule has 116 valence electrons. The van der Waals surface area contributed by atoms with Crippen LogP contribution in [0.4, 0.5) is 4.39 Å². The second-order valence-electron chi connectivity index (χ2n) is 4.99. The third-order valence-electron chi connectivity index (χ3n) is 3.28. The molecule has 1 aromatic heterocycles. The molecule has 1 N–H and O–H groups in total. The average molecular weight is 311 g/mol. The first-order chi connectivity index (χ1) is 11.1. The molecule has 5 nitrogen and oxygen atoms in total. The molecule has 3 rings (SSSR count). The minimum absolute atomic E-state index is 0.224. The lowest BCUT2D eigenvalue weighted by Gasteiger charge is -2.15. The van der Waals surface area contributed by atoms with Gasteiger partial charge in [0.2, 0.25) is 11.8 Å².